The minimum absolute atomic E-state index is 0.0371. The van der Waals surface area contributed by atoms with Gasteiger partial charge in [-0.15, -0.1) is 11.8 Å². The number of carbonyl (C=O) groups excluding carboxylic acids is 2. The summed E-state index contributed by atoms with van der Waals surface area (Å²) in [5, 5.41) is 2.76. The minimum Gasteiger partial charge on any atom is -0.339 e. The van der Waals surface area contributed by atoms with Gasteiger partial charge in [0.2, 0.25) is 11.8 Å². The number of hydrogen-bond acceptors (Lipinski definition) is 3. The standard InChI is InChI=1S/C20H24N2O2S/c1-4-22(16(3)23)14-17-9-8-10-18(13-17)21-20(24)15(2)25-19-11-6-5-7-12-19/h5-13,15H,4,14H2,1-3H3,(H,21,24). The van der Waals surface area contributed by atoms with Crippen LogP contribution in [0.25, 0.3) is 0 Å². The van der Waals surface area contributed by atoms with Gasteiger partial charge in [0.25, 0.3) is 0 Å². The Morgan fingerprint density at radius 2 is 1.84 bits per heavy atom. The molecule has 0 fully saturated rings. The van der Waals surface area contributed by atoms with Gasteiger partial charge in [0, 0.05) is 30.6 Å². The van der Waals surface area contributed by atoms with Crippen molar-refractivity contribution in [3.8, 4) is 0 Å². The summed E-state index contributed by atoms with van der Waals surface area (Å²) in [6.07, 6.45) is 0. The molecule has 25 heavy (non-hydrogen) atoms. The Morgan fingerprint density at radius 3 is 2.48 bits per heavy atom. The van der Waals surface area contributed by atoms with Crippen LogP contribution in [0.15, 0.2) is 59.5 Å². The second-order valence-electron chi connectivity index (χ2n) is 5.80. The van der Waals surface area contributed by atoms with Gasteiger partial charge in [-0.3, -0.25) is 9.59 Å². The fourth-order valence-corrected chi connectivity index (χ4v) is 3.30. The van der Waals surface area contributed by atoms with Crippen molar-refractivity contribution in [3.63, 3.8) is 0 Å². The maximum atomic E-state index is 12.4. The van der Waals surface area contributed by atoms with Crippen LogP contribution in [0.2, 0.25) is 0 Å². The van der Waals surface area contributed by atoms with Crippen LogP contribution in [0.5, 0.6) is 0 Å². The highest BCUT2D eigenvalue weighted by molar-refractivity contribution is 8.00. The lowest BCUT2D eigenvalue weighted by Gasteiger charge is -2.19. The second kappa shape index (κ2) is 9.28. The number of nitrogens with zero attached hydrogens (tertiary/aromatic N) is 1. The normalized spacial score (nSPS) is 11.6. The molecule has 0 heterocycles. The van der Waals surface area contributed by atoms with Crippen molar-refractivity contribution in [1.29, 1.82) is 0 Å². The summed E-state index contributed by atoms with van der Waals surface area (Å²) >= 11 is 1.53. The van der Waals surface area contributed by atoms with Crippen LogP contribution in [0.1, 0.15) is 26.3 Å². The quantitative estimate of drug-likeness (QED) is 0.757. The van der Waals surface area contributed by atoms with Gasteiger partial charge in [-0.1, -0.05) is 30.3 Å². The van der Waals surface area contributed by atoms with E-state index in [9.17, 15) is 9.59 Å². The molecular weight excluding hydrogens is 332 g/mol. The molecule has 2 rings (SSSR count). The molecule has 2 aromatic carbocycles. The molecule has 0 aliphatic rings. The van der Waals surface area contributed by atoms with E-state index in [1.807, 2.05) is 68.4 Å². The number of hydrogen-bond donors (Lipinski definition) is 1. The summed E-state index contributed by atoms with van der Waals surface area (Å²) in [5.74, 6) is 0.00902. The third kappa shape index (κ3) is 5.94. The van der Waals surface area contributed by atoms with Crippen LogP contribution >= 0.6 is 11.8 Å². The molecule has 2 amide bonds. The lowest BCUT2D eigenvalue weighted by atomic mass is 10.2. The SMILES string of the molecule is CCN(Cc1cccc(NC(=O)C(C)Sc2ccccc2)c1)C(C)=O. The molecule has 0 aliphatic carbocycles. The summed E-state index contributed by atoms with van der Waals surface area (Å²) in [6, 6.07) is 17.5. The summed E-state index contributed by atoms with van der Waals surface area (Å²) in [4.78, 5) is 26.8. The van der Waals surface area contributed by atoms with E-state index in [1.54, 1.807) is 11.8 Å². The van der Waals surface area contributed by atoms with Crippen LogP contribution in [-0.4, -0.2) is 28.5 Å². The number of thioether (sulfide) groups is 1. The molecule has 132 valence electrons. The van der Waals surface area contributed by atoms with Gasteiger partial charge in [0.15, 0.2) is 0 Å². The fourth-order valence-electron chi connectivity index (χ4n) is 2.41. The lowest BCUT2D eigenvalue weighted by Crippen LogP contribution is -2.27. The van der Waals surface area contributed by atoms with Crippen LogP contribution in [0.4, 0.5) is 5.69 Å². The molecule has 0 aromatic heterocycles. The van der Waals surface area contributed by atoms with Crippen molar-refractivity contribution in [2.24, 2.45) is 0 Å². The summed E-state index contributed by atoms with van der Waals surface area (Å²) < 4.78 is 0. The van der Waals surface area contributed by atoms with E-state index in [0.29, 0.717) is 13.1 Å². The average molecular weight is 356 g/mol. The maximum absolute atomic E-state index is 12.4. The topological polar surface area (TPSA) is 49.4 Å². The van der Waals surface area contributed by atoms with Gasteiger partial charge in [-0.2, -0.15) is 0 Å². The van der Waals surface area contributed by atoms with E-state index in [1.165, 1.54) is 11.8 Å². The minimum atomic E-state index is -0.199. The van der Waals surface area contributed by atoms with E-state index in [2.05, 4.69) is 5.32 Å². The molecule has 0 bridgehead atoms. The van der Waals surface area contributed by atoms with Crippen molar-refractivity contribution in [3.05, 3.63) is 60.2 Å². The van der Waals surface area contributed by atoms with Gasteiger partial charge in [-0.25, -0.2) is 0 Å². The Bertz CT molecular complexity index is 719. The molecule has 4 nitrogen and oxygen atoms in total. The van der Waals surface area contributed by atoms with E-state index < -0.39 is 0 Å². The highest BCUT2D eigenvalue weighted by atomic mass is 32.2. The van der Waals surface area contributed by atoms with Crippen molar-refractivity contribution in [2.45, 2.75) is 37.5 Å². The van der Waals surface area contributed by atoms with Crippen molar-refractivity contribution in [2.75, 3.05) is 11.9 Å². The lowest BCUT2D eigenvalue weighted by molar-refractivity contribution is -0.129. The largest absolute Gasteiger partial charge is 0.339 e. The zero-order valence-electron chi connectivity index (χ0n) is 14.9. The van der Waals surface area contributed by atoms with E-state index in [-0.39, 0.29) is 17.1 Å². The van der Waals surface area contributed by atoms with Gasteiger partial charge in [0.05, 0.1) is 5.25 Å². The predicted octanol–water partition coefficient (Wildman–Crippen LogP) is 4.17. The molecule has 0 radical (unpaired) electrons. The third-order valence-electron chi connectivity index (χ3n) is 3.82. The smallest absolute Gasteiger partial charge is 0.237 e. The van der Waals surface area contributed by atoms with Crippen molar-refractivity contribution in [1.82, 2.24) is 4.90 Å². The van der Waals surface area contributed by atoms with E-state index >= 15 is 0 Å². The summed E-state index contributed by atoms with van der Waals surface area (Å²) in [5.41, 5.74) is 1.75. The van der Waals surface area contributed by atoms with Gasteiger partial charge < -0.3 is 10.2 Å². The zero-order chi connectivity index (χ0) is 18.2. The van der Waals surface area contributed by atoms with E-state index in [0.717, 1.165) is 16.1 Å². The Balaban J connectivity index is 1.98. The molecule has 2 aromatic rings. The zero-order valence-corrected chi connectivity index (χ0v) is 15.7. The Hall–Kier alpha value is -2.27. The molecule has 0 saturated carbocycles. The maximum Gasteiger partial charge on any atom is 0.237 e. The number of rotatable bonds is 7. The van der Waals surface area contributed by atoms with Gasteiger partial charge >= 0.3 is 0 Å². The summed E-state index contributed by atoms with van der Waals surface area (Å²) in [6.45, 7) is 6.62. The summed E-state index contributed by atoms with van der Waals surface area (Å²) in [7, 11) is 0. The van der Waals surface area contributed by atoms with Crippen LogP contribution in [0.3, 0.4) is 0 Å². The monoisotopic (exact) mass is 356 g/mol. The Kier molecular flexibility index (Phi) is 7.07. The number of benzene rings is 2. The Labute approximate surface area is 153 Å². The Morgan fingerprint density at radius 1 is 1.12 bits per heavy atom. The molecule has 0 spiro atoms. The van der Waals surface area contributed by atoms with Gasteiger partial charge in [0.1, 0.15) is 0 Å². The molecule has 0 aliphatic heterocycles. The fraction of sp³-hybridized carbons (Fsp3) is 0.300. The predicted molar refractivity (Wildman–Crippen MR) is 104 cm³/mol. The van der Waals surface area contributed by atoms with Gasteiger partial charge in [-0.05, 0) is 43.7 Å². The van der Waals surface area contributed by atoms with Crippen molar-refractivity contribution < 1.29 is 9.59 Å². The van der Waals surface area contributed by atoms with Crippen LogP contribution in [0, 0.1) is 0 Å². The molecule has 1 unspecified atom stereocenters. The van der Waals surface area contributed by atoms with E-state index in [4.69, 9.17) is 0 Å². The number of anilines is 1. The molecule has 1 atom stereocenters. The third-order valence-corrected chi connectivity index (χ3v) is 4.93. The first kappa shape index (κ1) is 19.1. The molecule has 5 heteroatoms. The molecule has 0 saturated heterocycles. The molecular formula is C20H24N2O2S. The van der Waals surface area contributed by atoms with Crippen molar-refractivity contribution >= 4 is 29.3 Å². The van der Waals surface area contributed by atoms with Crippen LogP contribution < -0.4 is 5.32 Å². The number of nitrogens with one attached hydrogen (secondary N) is 1. The number of carbonyl (C=O) groups is 2. The first-order valence-corrected chi connectivity index (χ1v) is 9.24. The second-order valence-corrected chi connectivity index (χ2v) is 7.21. The average Bonchev–Trinajstić information content (AvgIpc) is 2.60. The first-order valence-electron chi connectivity index (χ1n) is 8.36. The number of amides is 2. The molecule has 1 N–H and O–H groups in total. The highest BCUT2D eigenvalue weighted by Crippen LogP contribution is 2.24. The van der Waals surface area contributed by atoms with Crippen LogP contribution in [-0.2, 0) is 16.1 Å². The highest BCUT2D eigenvalue weighted by Gasteiger charge is 2.15. The first-order chi connectivity index (χ1) is 12.0.